The van der Waals surface area contributed by atoms with Crippen LogP contribution in [0.1, 0.15) is 25.0 Å². The topological polar surface area (TPSA) is 105 Å². The Hall–Kier alpha value is -4.35. The molecule has 9 nitrogen and oxygen atoms in total. The summed E-state index contributed by atoms with van der Waals surface area (Å²) >= 11 is 3.50. The summed E-state index contributed by atoms with van der Waals surface area (Å²) in [5.74, 6) is -0.325. The van der Waals surface area contributed by atoms with E-state index in [0.29, 0.717) is 5.75 Å². The van der Waals surface area contributed by atoms with E-state index in [9.17, 15) is 18.0 Å². The van der Waals surface area contributed by atoms with E-state index in [1.807, 2.05) is 68.4 Å². The molecule has 0 heterocycles. The lowest BCUT2D eigenvalue weighted by Crippen LogP contribution is -2.54. The van der Waals surface area contributed by atoms with Crippen LogP contribution in [0.25, 0.3) is 0 Å². The first-order chi connectivity index (χ1) is 22.0. The first kappa shape index (κ1) is 34.5. The number of benzene rings is 4. The quantitative estimate of drug-likeness (QED) is 0.177. The van der Waals surface area contributed by atoms with Gasteiger partial charge in [-0.15, -0.1) is 0 Å². The van der Waals surface area contributed by atoms with E-state index < -0.39 is 28.5 Å². The predicted molar refractivity (Wildman–Crippen MR) is 182 cm³/mol. The molecule has 0 spiro atoms. The molecule has 4 aromatic rings. The second-order valence-electron chi connectivity index (χ2n) is 10.9. The van der Waals surface area contributed by atoms with Crippen LogP contribution in [0.4, 0.5) is 5.69 Å². The van der Waals surface area contributed by atoms with Crippen molar-refractivity contribution >= 4 is 43.5 Å². The third kappa shape index (κ3) is 8.67. The number of carbonyl (C=O) groups is 2. The minimum atomic E-state index is -4.30. The summed E-state index contributed by atoms with van der Waals surface area (Å²) in [7, 11) is -1.41. The zero-order valence-corrected chi connectivity index (χ0v) is 28.6. The van der Waals surface area contributed by atoms with Crippen LogP contribution >= 0.6 is 15.9 Å². The molecule has 0 aliphatic rings. The molecule has 0 aliphatic carbocycles. The van der Waals surface area contributed by atoms with Crippen molar-refractivity contribution in [2.75, 3.05) is 25.1 Å². The summed E-state index contributed by atoms with van der Waals surface area (Å²) in [4.78, 5) is 29.9. The zero-order valence-electron chi connectivity index (χ0n) is 26.2. The highest BCUT2D eigenvalue weighted by Gasteiger charge is 2.36. The van der Waals surface area contributed by atoms with Gasteiger partial charge in [-0.25, -0.2) is 8.42 Å². The predicted octanol–water partition coefficient (Wildman–Crippen LogP) is 5.83. The number of amides is 2. The second-order valence-corrected chi connectivity index (χ2v) is 13.7. The van der Waals surface area contributed by atoms with Crippen LogP contribution in [-0.2, 0) is 32.6 Å². The van der Waals surface area contributed by atoms with Gasteiger partial charge in [0.05, 0.1) is 24.8 Å². The summed E-state index contributed by atoms with van der Waals surface area (Å²) in [5.41, 5.74) is 1.73. The highest BCUT2D eigenvalue weighted by atomic mass is 79.9. The molecule has 0 aliphatic heterocycles. The van der Waals surface area contributed by atoms with E-state index in [4.69, 9.17) is 9.47 Å². The first-order valence-corrected chi connectivity index (χ1v) is 16.9. The van der Waals surface area contributed by atoms with Crippen molar-refractivity contribution in [3.63, 3.8) is 0 Å². The molecule has 242 valence electrons. The van der Waals surface area contributed by atoms with E-state index >= 15 is 0 Å². The van der Waals surface area contributed by atoms with Crippen molar-refractivity contribution < 1.29 is 27.5 Å². The van der Waals surface area contributed by atoms with E-state index in [-0.39, 0.29) is 41.2 Å². The Morgan fingerprint density at radius 1 is 0.826 bits per heavy atom. The van der Waals surface area contributed by atoms with Gasteiger partial charge in [0.15, 0.2) is 0 Å². The molecule has 46 heavy (non-hydrogen) atoms. The first-order valence-electron chi connectivity index (χ1n) is 14.7. The van der Waals surface area contributed by atoms with Gasteiger partial charge >= 0.3 is 0 Å². The number of anilines is 1. The number of hydrogen-bond donors (Lipinski definition) is 1. The maximum atomic E-state index is 14.6. The van der Waals surface area contributed by atoms with Crippen molar-refractivity contribution in [3.8, 4) is 11.5 Å². The molecule has 0 unspecified atom stereocenters. The van der Waals surface area contributed by atoms with E-state index in [1.54, 1.807) is 30.3 Å². The number of hydrogen-bond acceptors (Lipinski definition) is 6. The highest BCUT2D eigenvalue weighted by Crippen LogP contribution is 2.36. The Kier molecular flexibility index (Phi) is 11.8. The monoisotopic (exact) mass is 707 g/mol. The highest BCUT2D eigenvalue weighted by molar-refractivity contribution is 9.10. The minimum Gasteiger partial charge on any atom is -0.497 e. The van der Waals surface area contributed by atoms with Crippen LogP contribution in [-0.4, -0.2) is 58.0 Å². The van der Waals surface area contributed by atoms with Crippen molar-refractivity contribution in [1.29, 1.82) is 0 Å². The molecule has 1 atom stereocenters. The SMILES string of the molecule is COc1ccc(OC)c(N(CC(=O)N(Cc2cccc(Br)c2)[C@H](Cc2ccccc2)C(=O)NC(C)C)S(=O)(=O)c2ccccc2)c1. The molecule has 0 aromatic heterocycles. The Bertz CT molecular complexity index is 1740. The summed E-state index contributed by atoms with van der Waals surface area (Å²) < 4.78 is 41.3. The maximum Gasteiger partial charge on any atom is 0.264 e. The molecule has 0 bridgehead atoms. The van der Waals surface area contributed by atoms with Gasteiger partial charge in [0, 0.05) is 29.5 Å². The van der Waals surface area contributed by atoms with Crippen molar-refractivity contribution in [1.82, 2.24) is 10.2 Å². The fraction of sp³-hybridized carbons (Fsp3) is 0.257. The van der Waals surface area contributed by atoms with Crippen LogP contribution in [0.15, 0.2) is 112 Å². The smallest absolute Gasteiger partial charge is 0.264 e. The summed E-state index contributed by atoms with van der Waals surface area (Å²) in [6, 6.07) is 28.3. The molecule has 4 rings (SSSR count). The van der Waals surface area contributed by atoms with E-state index in [1.165, 1.54) is 37.3 Å². The number of halogens is 1. The molecule has 0 fully saturated rings. The lowest BCUT2D eigenvalue weighted by Gasteiger charge is -2.34. The van der Waals surface area contributed by atoms with Gasteiger partial charge in [-0.3, -0.25) is 13.9 Å². The molecule has 2 amide bonds. The minimum absolute atomic E-state index is 0.00963. The number of nitrogens with one attached hydrogen (secondary N) is 1. The number of carbonyl (C=O) groups excluding carboxylic acids is 2. The maximum absolute atomic E-state index is 14.6. The Labute approximate surface area is 279 Å². The molecule has 4 aromatic carbocycles. The molecule has 0 saturated heterocycles. The third-order valence-electron chi connectivity index (χ3n) is 7.21. The lowest BCUT2D eigenvalue weighted by molar-refractivity contribution is -0.140. The third-order valence-corrected chi connectivity index (χ3v) is 9.48. The summed E-state index contributed by atoms with van der Waals surface area (Å²) in [6.07, 6.45) is 0.215. The standard InChI is InChI=1S/C35H38BrN3O6S/c1-25(2)37-35(41)32(21-26-12-7-5-8-13-26)38(23-27-14-11-15-28(36)20-27)34(40)24-39(46(42,43)30-16-9-6-10-17-30)31-22-29(44-3)18-19-33(31)45-4/h5-20,22,25,32H,21,23-24H2,1-4H3,(H,37,41)/t32-/m1/s1. The van der Waals surface area contributed by atoms with Crippen LogP contribution in [0.3, 0.4) is 0 Å². The average molecular weight is 709 g/mol. The largest absolute Gasteiger partial charge is 0.497 e. The fourth-order valence-corrected chi connectivity index (χ4v) is 6.88. The Balaban J connectivity index is 1.86. The van der Waals surface area contributed by atoms with Gasteiger partial charge in [0.1, 0.15) is 24.1 Å². The normalized spacial score (nSPS) is 11.9. The summed E-state index contributed by atoms with van der Waals surface area (Å²) in [6.45, 7) is 3.13. The molecular weight excluding hydrogens is 670 g/mol. The van der Waals surface area contributed by atoms with Gasteiger partial charge in [0.25, 0.3) is 10.0 Å². The molecule has 0 radical (unpaired) electrons. The van der Waals surface area contributed by atoms with Gasteiger partial charge in [0.2, 0.25) is 11.8 Å². The number of sulfonamides is 1. The number of ether oxygens (including phenoxy) is 2. The average Bonchev–Trinajstić information content (AvgIpc) is 3.05. The lowest BCUT2D eigenvalue weighted by atomic mass is 10.0. The Morgan fingerprint density at radius 2 is 1.48 bits per heavy atom. The van der Waals surface area contributed by atoms with Gasteiger partial charge in [-0.05, 0) is 61.4 Å². The van der Waals surface area contributed by atoms with Crippen LogP contribution in [0.2, 0.25) is 0 Å². The molecule has 1 N–H and O–H groups in total. The fourth-order valence-electron chi connectivity index (χ4n) is 4.99. The van der Waals surface area contributed by atoms with Crippen molar-refractivity contribution in [2.45, 2.75) is 43.8 Å². The van der Waals surface area contributed by atoms with Gasteiger partial charge in [-0.2, -0.15) is 0 Å². The van der Waals surface area contributed by atoms with Crippen molar-refractivity contribution in [2.24, 2.45) is 0 Å². The number of methoxy groups -OCH3 is 2. The van der Waals surface area contributed by atoms with E-state index in [0.717, 1.165) is 19.9 Å². The summed E-state index contributed by atoms with van der Waals surface area (Å²) in [5, 5.41) is 2.96. The number of rotatable bonds is 14. The number of nitrogens with zero attached hydrogens (tertiary/aromatic N) is 2. The van der Waals surface area contributed by atoms with Crippen LogP contribution < -0.4 is 19.1 Å². The zero-order chi connectivity index (χ0) is 33.3. The van der Waals surface area contributed by atoms with E-state index in [2.05, 4.69) is 21.2 Å². The Morgan fingerprint density at radius 3 is 2.09 bits per heavy atom. The van der Waals surface area contributed by atoms with Crippen molar-refractivity contribution in [3.05, 3.63) is 119 Å². The van der Waals surface area contributed by atoms with Crippen LogP contribution in [0.5, 0.6) is 11.5 Å². The second kappa shape index (κ2) is 15.8. The van der Waals surface area contributed by atoms with Crippen LogP contribution in [0, 0.1) is 0 Å². The van der Waals surface area contributed by atoms with Gasteiger partial charge < -0.3 is 19.7 Å². The molecule has 11 heteroatoms. The van der Waals surface area contributed by atoms with Gasteiger partial charge in [-0.1, -0.05) is 76.6 Å². The molecule has 0 saturated carbocycles. The molecular formula is C35H38BrN3O6S.